The SMILES string of the molecule is COc1cc2cc(Oc3ccc(NC(=O)c4ccc(Br)c(C)c4)cc3)c(C)nc2cc1OC. The highest BCUT2D eigenvalue weighted by Crippen LogP contribution is 2.35. The van der Waals surface area contributed by atoms with Crippen molar-refractivity contribution in [3.8, 4) is 23.0 Å². The molecule has 1 amide bonds. The largest absolute Gasteiger partial charge is 0.493 e. The molecule has 0 saturated carbocycles. The van der Waals surface area contributed by atoms with Gasteiger partial charge < -0.3 is 19.5 Å². The van der Waals surface area contributed by atoms with Gasteiger partial charge in [-0.3, -0.25) is 4.79 Å². The number of carbonyl (C=O) groups is 1. The molecule has 168 valence electrons. The van der Waals surface area contributed by atoms with E-state index in [1.807, 2.05) is 44.2 Å². The zero-order valence-electron chi connectivity index (χ0n) is 18.7. The molecule has 4 rings (SSSR count). The van der Waals surface area contributed by atoms with Gasteiger partial charge in [0, 0.05) is 27.2 Å². The number of halogens is 1. The van der Waals surface area contributed by atoms with Crippen molar-refractivity contribution in [3.63, 3.8) is 0 Å². The summed E-state index contributed by atoms with van der Waals surface area (Å²) in [6.07, 6.45) is 0. The number of hydrogen-bond acceptors (Lipinski definition) is 5. The van der Waals surface area contributed by atoms with Gasteiger partial charge >= 0.3 is 0 Å². The number of carbonyl (C=O) groups excluding carboxylic acids is 1. The third-order valence-corrected chi connectivity index (χ3v) is 6.11. The molecule has 3 aromatic carbocycles. The lowest BCUT2D eigenvalue weighted by Gasteiger charge is -2.13. The van der Waals surface area contributed by atoms with E-state index in [0.29, 0.717) is 34.2 Å². The average Bonchev–Trinajstić information content (AvgIpc) is 2.81. The lowest BCUT2D eigenvalue weighted by atomic mass is 10.1. The minimum Gasteiger partial charge on any atom is -0.493 e. The molecule has 33 heavy (non-hydrogen) atoms. The van der Waals surface area contributed by atoms with Gasteiger partial charge in [-0.25, -0.2) is 4.98 Å². The third-order valence-electron chi connectivity index (χ3n) is 5.22. The number of fused-ring (bicyclic) bond motifs is 1. The Hall–Kier alpha value is -3.58. The van der Waals surface area contributed by atoms with Crippen molar-refractivity contribution in [2.45, 2.75) is 13.8 Å². The molecule has 6 nitrogen and oxygen atoms in total. The van der Waals surface area contributed by atoms with E-state index in [1.165, 1.54) is 0 Å². The van der Waals surface area contributed by atoms with E-state index in [2.05, 4.69) is 26.2 Å². The summed E-state index contributed by atoms with van der Waals surface area (Å²) in [5.41, 5.74) is 3.82. The Morgan fingerprint density at radius 1 is 0.879 bits per heavy atom. The number of rotatable bonds is 6. The Morgan fingerprint density at radius 2 is 1.55 bits per heavy atom. The second kappa shape index (κ2) is 9.50. The van der Waals surface area contributed by atoms with Gasteiger partial charge in [0.15, 0.2) is 11.5 Å². The van der Waals surface area contributed by atoms with E-state index >= 15 is 0 Å². The first kappa shape index (κ1) is 22.6. The molecule has 0 aliphatic carbocycles. The first-order chi connectivity index (χ1) is 15.9. The molecule has 1 aromatic heterocycles. The topological polar surface area (TPSA) is 69.7 Å². The lowest BCUT2D eigenvalue weighted by molar-refractivity contribution is 0.102. The van der Waals surface area contributed by atoms with Crippen LogP contribution >= 0.6 is 15.9 Å². The molecular formula is C26H23BrN2O4. The number of hydrogen-bond donors (Lipinski definition) is 1. The van der Waals surface area contributed by atoms with Crippen molar-refractivity contribution in [1.29, 1.82) is 0 Å². The van der Waals surface area contributed by atoms with Crippen LogP contribution in [0.25, 0.3) is 10.9 Å². The molecule has 7 heteroatoms. The van der Waals surface area contributed by atoms with E-state index in [4.69, 9.17) is 14.2 Å². The fourth-order valence-corrected chi connectivity index (χ4v) is 3.65. The average molecular weight is 507 g/mol. The normalized spacial score (nSPS) is 10.7. The van der Waals surface area contributed by atoms with E-state index in [9.17, 15) is 4.79 Å². The highest BCUT2D eigenvalue weighted by atomic mass is 79.9. The minimum atomic E-state index is -0.168. The van der Waals surface area contributed by atoms with Crippen molar-refractivity contribution < 1.29 is 19.0 Å². The Bertz CT molecular complexity index is 1340. The first-order valence-electron chi connectivity index (χ1n) is 10.3. The number of ether oxygens (including phenoxy) is 3. The molecule has 0 fully saturated rings. The molecule has 0 radical (unpaired) electrons. The zero-order chi connectivity index (χ0) is 23.5. The number of anilines is 1. The summed E-state index contributed by atoms with van der Waals surface area (Å²) in [5, 5.41) is 3.78. The number of aryl methyl sites for hydroxylation is 2. The summed E-state index contributed by atoms with van der Waals surface area (Å²) in [5.74, 6) is 2.36. The maximum atomic E-state index is 12.5. The molecule has 4 aromatic rings. The first-order valence-corrected chi connectivity index (χ1v) is 11.1. The van der Waals surface area contributed by atoms with Crippen LogP contribution in [-0.2, 0) is 0 Å². The number of nitrogens with one attached hydrogen (secondary N) is 1. The molecule has 1 heterocycles. The highest BCUT2D eigenvalue weighted by Gasteiger charge is 2.12. The van der Waals surface area contributed by atoms with Crippen molar-refractivity contribution in [2.24, 2.45) is 0 Å². The van der Waals surface area contributed by atoms with Crippen molar-refractivity contribution in [2.75, 3.05) is 19.5 Å². The third kappa shape index (κ3) is 4.93. The van der Waals surface area contributed by atoms with Gasteiger partial charge in [-0.15, -0.1) is 0 Å². The number of pyridine rings is 1. The molecule has 0 aliphatic heterocycles. The summed E-state index contributed by atoms with van der Waals surface area (Å²) in [7, 11) is 3.20. The smallest absolute Gasteiger partial charge is 0.255 e. The summed E-state index contributed by atoms with van der Waals surface area (Å²) >= 11 is 3.45. The van der Waals surface area contributed by atoms with Crippen LogP contribution in [0, 0.1) is 13.8 Å². The summed E-state index contributed by atoms with van der Waals surface area (Å²) in [4.78, 5) is 17.2. The molecule has 1 N–H and O–H groups in total. The van der Waals surface area contributed by atoms with Crippen LogP contribution in [0.15, 0.2) is 65.1 Å². The van der Waals surface area contributed by atoms with Crippen LogP contribution in [0.2, 0.25) is 0 Å². The minimum absolute atomic E-state index is 0.168. The lowest BCUT2D eigenvalue weighted by Crippen LogP contribution is -2.11. The maximum absolute atomic E-state index is 12.5. The van der Waals surface area contributed by atoms with Gasteiger partial charge in [0.1, 0.15) is 11.5 Å². The van der Waals surface area contributed by atoms with Crippen molar-refractivity contribution in [3.05, 3.63) is 82.0 Å². The molecular weight excluding hydrogens is 484 g/mol. The van der Waals surface area contributed by atoms with Gasteiger partial charge in [-0.2, -0.15) is 0 Å². The maximum Gasteiger partial charge on any atom is 0.255 e. The highest BCUT2D eigenvalue weighted by molar-refractivity contribution is 9.10. The van der Waals surface area contributed by atoms with Crippen molar-refractivity contribution in [1.82, 2.24) is 4.98 Å². The molecule has 0 spiro atoms. The Morgan fingerprint density at radius 3 is 2.21 bits per heavy atom. The van der Waals surface area contributed by atoms with E-state index in [-0.39, 0.29) is 5.91 Å². The monoisotopic (exact) mass is 506 g/mol. The molecule has 0 saturated heterocycles. The van der Waals surface area contributed by atoms with Crippen molar-refractivity contribution >= 4 is 38.4 Å². The fraction of sp³-hybridized carbons (Fsp3) is 0.154. The quantitative estimate of drug-likeness (QED) is 0.316. The predicted octanol–water partition coefficient (Wildman–Crippen LogP) is 6.68. The second-order valence-corrected chi connectivity index (χ2v) is 8.37. The molecule has 0 aliphatic rings. The molecule has 0 unspecified atom stereocenters. The second-order valence-electron chi connectivity index (χ2n) is 7.52. The summed E-state index contributed by atoms with van der Waals surface area (Å²) in [6.45, 7) is 3.84. The zero-order valence-corrected chi connectivity index (χ0v) is 20.3. The summed E-state index contributed by atoms with van der Waals surface area (Å²) in [6, 6.07) is 18.3. The van der Waals surface area contributed by atoms with E-state index in [0.717, 1.165) is 26.6 Å². The number of benzene rings is 3. The van der Waals surface area contributed by atoms with Gasteiger partial charge in [0.2, 0.25) is 0 Å². The standard InChI is InChI=1S/C26H23BrN2O4/c1-15-11-17(5-10-21(15)27)26(30)29-19-6-8-20(9-7-19)33-23-12-18-13-24(31-3)25(32-4)14-22(18)28-16(23)2/h5-14H,1-4H3,(H,29,30). The van der Waals surface area contributed by atoms with Crippen LogP contribution in [0.3, 0.4) is 0 Å². The van der Waals surface area contributed by atoms with Gasteiger partial charge in [0.25, 0.3) is 5.91 Å². The van der Waals surface area contributed by atoms with Crippen LogP contribution < -0.4 is 19.5 Å². The van der Waals surface area contributed by atoms with Crippen LogP contribution in [0.4, 0.5) is 5.69 Å². The van der Waals surface area contributed by atoms with Gasteiger partial charge in [-0.05, 0) is 74.0 Å². The number of amides is 1. The number of aromatic nitrogens is 1. The van der Waals surface area contributed by atoms with Gasteiger partial charge in [0.05, 0.1) is 25.4 Å². The number of methoxy groups -OCH3 is 2. The molecule has 0 bridgehead atoms. The predicted molar refractivity (Wildman–Crippen MR) is 133 cm³/mol. The van der Waals surface area contributed by atoms with E-state index < -0.39 is 0 Å². The Kier molecular flexibility index (Phi) is 6.51. The van der Waals surface area contributed by atoms with Gasteiger partial charge in [-0.1, -0.05) is 15.9 Å². The van der Waals surface area contributed by atoms with Crippen LogP contribution in [0.1, 0.15) is 21.6 Å². The number of nitrogens with zero attached hydrogens (tertiary/aromatic N) is 1. The Labute approximate surface area is 200 Å². The van der Waals surface area contributed by atoms with E-state index in [1.54, 1.807) is 44.6 Å². The summed E-state index contributed by atoms with van der Waals surface area (Å²) < 4.78 is 17.8. The van der Waals surface area contributed by atoms with Crippen LogP contribution in [-0.4, -0.2) is 25.1 Å². The Balaban J connectivity index is 1.52. The van der Waals surface area contributed by atoms with Crippen LogP contribution in [0.5, 0.6) is 23.0 Å². The molecule has 0 atom stereocenters. The fourth-order valence-electron chi connectivity index (χ4n) is 3.40.